The Morgan fingerprint density at radius 1 is 1.00 bits per heavy atom. The quantitative estimate of drug-likeness (QED) is 0.363. The van der Waals surface area contributed by atoms with Gasteiger partial charge in [0.1, 0.15) is 17.8 Å². The summed E-state index contributed by atoms with van der Waals surface area (Å²) in [4.78, 5) is 37.4. The van der Waals surface area contributed by atoms with Gasteiger partial charge in [-0.2, -0.15) is 11.8 Å². The maximum Gasteiger partial charge on any atom is 0.326 e. The van der Waals surface area contributed by atoms with Crippen LogP contribution in [-0.4, -0.2) is 53.6 Å². The van der Waals surface area contributed by atoms with E-state index in [1.165, 1.54) is 11.8 Å². The molecular formula is C25H32N2O5S. The van der Waals surface area contributed by atoms with E-state index in [1.807, 2.05) is 36.6 Å². The third-order valence-electron chi connectivity index (χ3n) is 5.01. The largest absolute Gasteiger partial charge is 0.494 e. The summed E-state index contributed by atoms with van der Waals surface area (Å²) in [5.41, 5.74) is 1.24. The van der Waals surface area contributed by atoms with Gasteiger partial charge in [0.2, 0.25) is 5.91 Å². The molecule has 2 aromatic carbocycles. The number of carbonyl (C=O) groups excluding carboxylic acids is 2. The van der Waals surface area contributed by atoms with Gasteiger partial charge in [-0.15, -0.1) is 0 Å². The van der Waals surface area contributed by atoms with Crippen LogP contribution in [-0.2, 0) is 16.0 Å². The number of aliphatic carboxylic acids is 1. The molecule has 2 atom stereocenters. The van der Waals surface area contributed by atoms with Crippen molar-refractivity contribution in [3.8, 4) is 5.75 Å². The van der Waals surface area contributed by atoms with E-state index in [0.717, 1.165) is 18.4 Å². The van der Waals surface area contributed by atoms with Crippen LogP contribution in [0.15, 0.2) is 54.6 Å². The zero-order valence-electron chi connectivity index (χ0n) is 19.1. The highest BCUT2D eigenvalue weighted by Crippen LogP contribution is 2.14. The molecule has 0 bridgehead atoms. The van der Waals surface area contributed by atoms with E-state index in [0.29, 0.717) is 30.1 Å². The van der Waals surface area contributed by atoms with E-state index < -0.39 is 29.9 Å². The summed E-state index contributed by atoms with van der Waals surface area (Å²) in [6, 6.07) is 14.1. The number of ether oxygens (including phenoxy) is 1. The topological polar surface area (TPSA) is 105 Å². The second-order valence-electron chi connectivity index (χ2n) is 7.62. The van der Waals surface area contributed by atoms with Crippen molar-refractivity contribution in [3.05, 3.63) is 65.7 Å². The zero-order valence-corrected chi connectivity index (χ0v) is 19.9. The van der Waals surface area contributed by atoms with Gasteiger partial charge < -0.3 is 20.5 Å². The van der Waals surface area contributed by atoms with E-state index in [1.54, 1.807) is 24.3 Å². The molecule has 2 aromatic rings. The van der Waals surface area contributed by atoms with Crippen molar-refractivity contribution >= 4 is 29.5 Å². The maximum atomic E-state index is 13.0. The van der Waals surface area contributed by atoms with Gasteiger partial charge in [0.05, 0.1) is 6.61 Å². The zero-order chi connectivity index (χ0) is 24.1. The van der Waals surface area contributed by atoms with Crippen molar-refractivity contribution in [2.45, 2.75) is 44.7 Å². The molecule has 0 heterocycles. The number of benzene rings is 2. The highest BCUT2D eigenvalue weighted by atomic mass is 32.2. The fourth-order valence-electron chi connectivity index (χ4n) is 3.10. The Hall–Kier alpha value is -3.00. The van der Waals surface area contributed by atoms with Gasteiger partial charge in [-0.05, 0) is 54.7 Å². The van der Waals surface area contributed by atoms with Gasteiger partial charge in [0, 0.05) is 12.0 Å². The van der Waals surface area contributed by atoms with Crippen molar-refractivity contribution in [1.29, 1.82) is 0 Å². The summed E-state index contributed by atoms with van der Waals surface area (Å²) in [5, 5.41) is 14.8. The molecule has 2 amide bonds. The maximum absolute atomic E-state index is 13.0. The van der Waals surface area contributed by atoms with Gasteiger partial charge in [-0.1, -0.05) is 43.7 Å². The van der Waals surface area contributed by atoms with Crippen LogP contribution in [0.2, 0.25) is 0 Å². The molecular weight excluding hydrogens is 440 g/mol. The van der Waals surface area contributed by atoms with Crippen molar-refractivity contribution in [2.75, 3.05) is 18.6 Å². The first-order chi connectivity index (χ1) is 15.9. The minimum absolute atomic E-state index is 0.242. The summed E-state index contributed by atoms with van der Waals surface area (Å²) < 4.78 is 5.62. The second kappa shape index (κ2) is 14.2. The summed E-state index contributed by atoms with van der Waals surface area (Å²) in [6.07, 6.45) is 4.40. The Balaban J connectivity index is 2.11. The van der Waals surface area contributed by atoms with Gasteiger partial charge in [0.25, 0.3) is 5.91 Å². The first-order valence-corrected chi connectivity index (χ1v) is 12.4. The standard InChI is InChI=1S/C25H32N2O5S/c1-3-4-15-32-20-12-10-19(11-13-20)23(28)27-22(17-18-8-6-5-7-9-18)24(29)26-21(25(30)31)14-16-33-2/h5-13,21-22H,3-4,14-17H2,1-2H3,(H,26,29)(H,27,28)(H,30,31). The number of carboxylic acids is 1. The predicted molar refractivity (Wildman–Crippen MR) is 131 cm³/mol. The Morgan fingerprint density at radius 2 is 1.70 bits per heavy atom. The second-order valence-corrected chi connectivity index (χ2v) is 8.61. The number of carboxylic acid groups (broad SMARTS) is 1. The number of rotatable bonds is 14. The monoisotopic (exact) mass is 472 g/mol. The molecule has 8 heteroatoms. The van der Waals surface area contributed by atoms with E-state index in [9.17, 15) is 19.5 Å². The molecule has 0 spiro atoms. The first-order valence-electron chi connectivity index (χ1n) is 11.0. The Morgan fingerprint density at radius 3 is 2.30 bits per heavy atom. The number of unbranched alkanes of at least 4 members (excludes halogenated alkanes) is 1. The molecule has 178 valence electrons. The molecule has 0 aliphatic rings. The number of carbonyl (C=O) groups is 3. The molecule has 3 N–H and O–H groups in total. The third kappa shape index (κ3) is 9.18. The lowest BCUT2D eigenvalue weighted by molar-refractivity contribution is -0.142. The molecule has 2 unspecified atom stereocenters. The lowest BCUT2D eigenvalue weighted by atomic mass is 10.0. The smallest absolute Gasteiger partial charge is 0.326 e. The van der Waals surface area contributed by atoms with Crippen LogP contribution in [0.3, 0.4) is 0 Å². The highest BCUT2D eigenvalue weighted by Gasteiger charge is 2.27. The van der Waals surface area contributed by atoms with Crippen molar-refractivity contribution in [2.24, 2.45) is 0 Å². The van der Waals surface area contributed by atoms with Gasteiger partial charge in [0.15, 0.2) is 0 Å². The van der Waals surface area contributed by atoms with Crippen LogP contribution in [0.4, 0.5) is 0 Å². The molecule has 0 aromatic heterocycles. The van der Waals surface area contributed by atoms with Crippen molar-refractivity contribution in [1.82, 2.24) is 10.6 Å². The Bertz CT molecular complexity index is 889. The minimum Gasteiger partial charge on any atom is -0.494 e. The molecule has 7 nitrogen and oxygen atoms in total. The molecule has 0 radical (unpaired) electrons. The highest BCUT2D eigenvalue weighted by molar-refractivity contribution is 7.98. The summed E-state index contributed by atoms with van der Waals surface area (Å²) in [7, 11) is 0. The third-order valence-corrected chi connectivity index (χ3v) is 5.66. The molecule has 0 fully saturated rings. The molecule has 0 saturated carbocycles. The fourth-order valence-corrected chi connectivity index (χ4v) is 3.57. The molecule has 2 rings (SSSR count). The van der Waals surface area contributed by atoms with Crippen LogP contribution in [0.25, 0.3) is 0 Å². The summed E-state index contributed by atoms with van der Waals surface area (Å²) >= 11 is 1.51. The number of hydrogen-bond donors (Lipinski definition) is 3. The van der Waals surface area contributed by atoms with E-state index >= 15 is 0 Å². The molecule has 0 aliphatic carbocycles. The summed E-state index contributed by atoms with van der Waals surface area (Å²) in [6.45, 7) is 2.70. The fraction of sp³-hybridized carbons (Fsp3) is 0.400. The van der Waals surface area contributed by atoms with Gasteiger partial charge >= 0.3 is 5.97 Å². The van der Waals surface area contributed by atoms with Gasteiger partial charge in [-0.25, -0.2) is 4.79 Å². The first kappa shape index (κ1) is 26.3. The van der Waals surface area contributed by atoms with Gasteiger partial charge in [-0.3, -0.25) is 9.59 Å². The lowest BCUT2D eigenvalue weighted by Crippen LogP contribution is -2.52. The number of thioether (sulfide) groups is 1. The minimum atomic E-state index is -1.10. The number of hydrogen-bond acceptors (Lipinski definition) is 5. The molecule has 0 saturated heterocycles. The molecule has 33 heavy (non-hydrogen) atoms. The number of nitrogens with one attached hydrogen (secondary N) is 2. The van der Waals surface area contributed by atoms with Crippen LogP contribution in [0.1, 0.15) is 42.1 Å². The Kier molecular flexibility index (Phi) is 11.3. The van der Waals surface area contributed by atoms with E-state index in [4.69, 9.17) is 4.74 Å². The van der Waals surface area contributed by atoms with Crippen LogP contribution in [0.5, 0.6) is 5.75 Å². The van der Waals surface area contributed by atoms with Crippen LogP contribution >= 0.6 is 11.8 Å². The van der Waals surface area contributed by atoms with Crippen LogP contribution < -0.4 is 15.4 Å². The SMILES string of the molecule is CCCCOc1ccc(C(=O)NC(Cc2ccccc2)C(=O)NC(CCSC)C(=O)O)cc1. The van der Waals surface area contributed by atoms with Crippen molar-refractivity contribution < 1.29 is 24.2 Å². The normalized spacial score (nSPS) is 12.4. The van der Waals surface area contributed by atoms with Crippen molar-refractivity contribution in [3.63, 3.8) is 0 Å². The predicted octanol–water partition coefficient (Wildman–Crippen LogP) is 3.53. The molecule has 0 aliphatic heterocycles. The van der Waals surface area contributed by atoms with E-state index in [-0.39, 0.29) is 6.42 Å². The number of amides is 2. The average Bonchev–Trinajstić information content (AvgIpc) is 2.82. The van der Waals surface area contributed by atoms with Crippen LogP contribution in [0, 0.1) is 0 Å². The summed E-state index contributed by atoms with van der Waals surface area (Å²) in [5.74, 6) is -0.764. The lowest BCUT2D eigenvalue weighted by Gasteiger charge is -2.22. The average molecular weight is 473 g/mol. The Labute approximate surface area is 199 Å². The van der Waals surface area contributed by atoms with E-state index in [2.05, 4.69) is 17.6 Å².